The molecule has 0 atom stereocenters. The first-order valence-corrected chi connectivity index (χ1v) is 4.83. The van der Waals surface area contributed by atoms with Crippen LogP contribution in [-0.4, -0.2) is 6.29 Å². The summed E-state index contributed by atoms with van der Waals surface area (Å²) in [5.74, 6) is 0. The molecule has 1 aromatic carbocycles. The highest BCUT2D eigenvalue weighted by molar-refractivity contribution is 7.18. The maximum Gasteiger partial charge on any atom is 0.150 e. The molecule has 2 aromatic rings. The summed E-state index contributed by atoms with van der Waals surface area (Å²) in [7, 11) is 0. The molecule has 0 saturated heterocycles. The van der Waals surface area contributed by atoms with E-state index in [0.29, 0.717) is 11.3 Å². The van der Waals surface area contributed by atoms with Gasteiger partial charge in [0.2, 0.25) is 0 Å². The molecule has 2 rings (SSSR count). The van der Waals surface area contributed by atoms with E-state index in [4.69, 9.17) is 5.73 Å². The van der Waals surface area contributed by atoms with E-state index in [9.17, 15) is 4.79 Å². The van der Waals surface area contributed by atoms with Crippen LogP contribution in [0.1, 0.15) is 15.9 Å². The van der Waals surface area contributed by atoms with Crippen LogP contribution in [0.4, 0.5) is 5.69 Å². The smallest absolute Gasteiger partial charge is 0.150 e. The van der Waals surface area contributed by atoms with Crippen molar-refractivity contribution in [3.63, 3.8) is 0 Å². The van der Waals surface area contributed by atoms with Crippen LogP contribution in [0.5, 0.6) is 0 Å². The van der Waals surface area contributed by atoms with Crippen molar-refractivity contribution in [2.45, 2.75) is 6.92 Å². The SMILES string of the molecule is Cc1ccc(C=O)c2c(N)csc12. The number of anilines is 1. The molecule has 0 spiro atoms. The van der Waals surface area contributed by atoms with E-state index in [2.05, 4.69) is 0 Å². The summed E-state index contributed by atoms with van der Waals surface area (Å²) in [6, 6.07) is 3.76. The Balaban J connectivity index is 2.96. The molecule has 1 aromatic heterocycles. The molecular weight excluding hydrogens is 182 g/mol. The van der Waals surface area contributed by atoms with Crippen molar-refractivity contribution in [2.24, 2.45) is 0 Å². The highest BCUT2D eigenvalue weighted by atomic mass is 32.1. The Morgan fingerprint density at radius 2 is 2.23 bits per heavy atom. The van der Waals surface area contributed by atoms with Gasteiger partial charge in [0.05, 0.1) is 5.69 Å². The number of aldehydes is 1. The van der Waals surface area contributed by atoms with Crippen molar-refractivity contribution in [3.8, 4) is 0 Å². The van der Waals surface area contributed by atoms with E-state index in [1.807, 2.05) is 24.4 Å². The number of hydrogen-bond acceptors (Lipinski definition) is 3. The lowest BCUT2D eigenvalue weighted by Crippen LogP contribution is -1.87. The van der Waals surface area contributed by atoms with E-state index in [0.717, 1.165) is 16.4 Å². The van der Waals surface area contributed by atoms with Gasteiger partial charge >= 0.3 is 0 Å². The van der Waals surface area contributed by atoms with Gasteiger partial charge in [-0.05, 0) is 12.5 Å². The number of nitrogens with two attached hydrogens (primary N) is 1. The first kappa shape index (κ1) is 8.26. The van der Waals surface area contributed by atoms with Crippen molar-refractivity contribution in [1.29, 1.82) is 0 Å². The van der Waals surface area contributed by atoms with Crippen LogP contribution in [0.3, 0.4) is 0 Å². The second-order valence-corrected chi connectivity index (χ2v) is 3.86. The van der Waals surface area contributed by atoms with Gasteiger partial charge in [0.25, 0.3) is 0 Å². The fraction of sp³-hybridized carbons (Fsp3) is 0.100. The molecule has 2 N–H and O–H groups in total. The lowest BCUT2D eigenvalue weighted by molar-refractivity contribution is 0.112. The van der Waals surface area contributed by atoms with E-state index < -0.39 is 0 Å². The third kappa shape index (κ3) is 1.12. The molecule has 0 unspecified atom stereocenters. The molecule has 0 fully saturated rings. The Morgan fingerprint density at radius 1 is 1.46 bits per heavy atom. The molecule has 0 saturated carbocycles. The Kier molecular flexibility index (Phi) is 1.81. The fourth-order valence-electron chi connectivity index (χ4n) is 1.43. The highest BCUT2D eigenvalue weighted by Gasteiger charge is 2.07. The normalized spacial score (nSPS) is 10.5. The second-order valence-electron chi connectivity index (χ2n) is 2.98. The van der Waals surface area contributed by atoms with Gasteiger partial charge < -0.3 is 5.73 Å². The third-order valence-corrected chi connectivity index (χ3v) is 3.24. The third-order valence-electron chi connectivity index (χ3n) is 2.11. The van der Waals surface area contributed by atoms with Gasteiger partial charge in [0.1, 0.15) is 0 Å². The van der Waals surface area contributed by atoms with Crippen LogP contribution >= 0.6 is 11.3 Å². The second kappa shape index (κ2) is 2.85. The predicted molar refractivity (Wildman–Crippen MR) is 56.4 cm³/mol. The van der Waals surface area contributed by atoms with E-state index >= 15 is 0 Å². The van der Waals surface area contributed by atoms with Crippen molar-refractivity contribution in [1.82, 2.24) is 0 Å². The van der Waals surface area contributed by atoms with E-state index in [1.165, 1.54) is 5.56 Å². The molecule has 2 nitrogen and oxygen atoms in total. The summed E-state index contributed by atoms with van der Waals surface area (Å²) in [5.41, 5.74) is 8.32. The number of fused-ring (bicyclic) bond motifs is 1. The summed E-state index contributed by atoms with van der Waals surface area (Å²) in [5, 5.41) is 2.78. The Labute approximate surface area is 80.0 Å². The largest absolute Gasteiger partial charge is 0.398 e. The molecule has 0 aliphatic heterocycles. The average Bonchev–Trinajstić information content (AvgIpc) is 2.51. The maximum absolute atomic E-state index is 10.7. The number of benzene rings is 1. The number of aryl methyl sites for hydroxylation is 1. The van der Waals surface area contributed by atoms with Gasteiger partial charge in [-0.3, -0.25) is 4.79 Å². The molecule has 0 amide bonds. The topological polar surface area (TPSA) is 43.1 Å². The highest BCUT2D eigenvalue weighted by Crippen LogP contribution is 2.32. The van der Waals surface area contributed by atoms with E-state index in [-0.39, 0.29) is 0 Å². The summed E-state index contributed by atoms with van der Waals surface area (Å²) >= 11 is 1.59. The molecule has 0 bridgehead atoms. The fourth-order valence-corrected chi connectivity index (χ4v) is 2.40. The number of thiophene rings is 1. The molecule has 0 aliphatic rings. The summed E-state index contributed by atoms with van der Waals surface area (Å²) in [6.45, 7) is 2.02. The monoisotopic (exact) mass is 191 g/mol. The minimum absolute atomic E-state index is 0.680. The number of nitrogen functional groups attached to an aromatic ring is 1. The van der Waals surface area contributed by atoms with Crippen LogP contribution in [0.2, 0.25) is 0 Å². The standard InChI is InChI=1S/C10H9NOS/c1-6-2-3-7(4-12)9-8(11)5-13-10(6)9/h2-5H,11H2,1H3. The number of rotatable bonds is 1. The Morgan fingerprint density at radius 3 is 2.92 bits per heavy atom. The number of carbonyl (C=O) groups is 1. The minimum atomic E-state index is 0.680. The molecule has 0 aliphatic carbocycles. The van der Waals surface area contributed by atoms with Crippen molar-refractivity contribution in [3.05, 3.63) is 28.6 Å². The van der Waals surface area contributed by atoms with Gasteiger partial charge in [-0.2, -0.15) is 0 Å². The first-order valence-electron chi connectivity index (χ1n) is 3.95. The predicted octanol–water partition coefficient (Wildman–Crippen LogP) is 2.60. The van der Waals surface area contributed by atoms with Crippen LogP contribution in [0.25, 0.3) is 10.1 Å². The maximum atomic E-state index is 10.7. The van der Waals surface area contributed by atoms with Crippen LogP contribution in [-0.2, 0) is 0 Å². The number of hydrogen-bond donors (Lipinski definition) is 1. The van der Waals surface area contributed by atoms with Crippen molar-refractivity contribution < 1.29 is 4.79 Å². The van der Waals surface area contributed by atoms with Crippen molar-refractivity contribution in [2.75, 3.05) is 5.73 Å². The first-order chi connectivity index (χ1) is 6.24. The Hall–Kier alpha value is -1.35. The van der Waals surface area contributed by atoms with Crippen LogP contribution < -0.4 is 5.73 Å². The number of carbonyl (C=O) groups excluding carboxylic acids is 1. The molecule has 66 valence electrons. The average molecular weight is 191 g/mol. The molecule has 0 radical (unpaired) electrons. The lowest BCUT2D eigenvalue weighted by atomic mass is 10.1. The molecule has 13 heavy (non-hydrogen) atoms. The lowest BCUT2D eigenvalue weighted by Gasteiger charge is -1.99. The van der Waals surface area contributed by atoms with Gasteiger partial charge in [-0.25, -0.2) is 0 Å². The zero-order valence-electron chi connectivity index (χ0n) is 7.20. The minimum Gasteiger partial charge on any atom is -0.398 e. The van der Waals surface area contributed by atoms with Gasteiger partial charge in [-0.1, -0.05) is 12.1 Å². The summed E-state index contributed by atoms with van der Waals surface area (Å²) in [4.78, 5) is 10.7. The van der Waals surface area contributed by atoms with Gasteiger partial charge in [0, 0.05) is 21.0 Å². The molecular formula is C10H9NOS. The van der Waals surface area contributed by atoms with Crippen LogP contribution in [0, 0.1) is 6.92 Å². The van der Waals surface area contributed by atoms with Crippen molar-refractivity contribution >= 4 is 33.4 Å². The zero-order valence-corrected chi connectivity index (χ0v) is 8.02. The zero-order chi connectivity index (χ0) is 9.42. The Bertz CT molecular complexity index is 473. The molecule has 3 heteroatoms. The van der Waals surface area contributed by atoms with E-state index in [1.54, 1.807) is 11.3 Å². The van der Waals surface area contributed by atoms with Gasteiger partial charge in [0.15, 0.2) is 6.29 Å². The van der Waals surface area contributed by atoms with Gasteiger partial charge in [-0.15, -0.1) is 11.3 Å². The molecule has 1 heterocycles. The summed E-state index contributed by atoms with van der Waals surface area (Å²) < 4.78 is 1.11. The quantitative estimate of drug-likeness (QED) is 0.704. The summed E-state index contributed by atoms with van der Waals surface area (Å²) in [6.07, 6.45) is 0.852. The van der Waals surface area contributed by atoms with Crippen LogP contribution in [0.15, 0.2) is 17.5 Å².